The highest BCUT2D eigenvalue weighted by molar-refractivity contribution is 5.73. The second kappa shape index (κ2) is 15.0. The predicted octanol–water partition coefficient (Wildman–Crippen LogP) is 7.95. The SMILES string of the molecule is CCCCCCC(CC)Nc1nnc(-c2ccc(C(F)(F)F)cc2O)c(CCCOC)c1CCCC. The van der Waals surface area contributed by atoms with Gasteiger partial charge in [-0.25, -0.2) is 0 Å². The molecule has 5 nitrogen and oxygen atoms in total. The van der Waals surface area contributed by atoms with Gasteiger partial charge in [-0.15, -0.1) is 10.2 Å². The van der Waals surface area contributed by atoms with Crippen LogP contribution in [0, 0.1) is 0 Å². The number of phenols is 1. The number of ether oxygens (including phenoxy) is 1. The van der Waals surface area contributed by atoms with E-state index in [1.165, 1.54) is 25.3 Å². The number of nitrogens with one attached hydrogen (secondary N) is 1. The number of unbranched alkanes of at least 4 members (excludes halogenated alkanes) is 4. The Kier molecular flexibility index (Phi) is 12.5. The highest BCUT2D eigenvalue weighted by Crippen LogP contribution is 2.39. The number of hydrogen-bond acceptors (Lipinski definition) is 5. The van der Waals surface area contributed by atoms with E-state index in [0.29, 0.717) is 18.7 Å². The van der Waals surface area contributed by atoms with Crippen molar-refractivity contribution in [3.8, 4) is 17.0 Å². The van der Waals surface area contributed by atoms with Crippen LogP contribution in [-0.2, 0) is 23.8 Å². The summed E-state index contributed by atoms with van der Waals surface area (Å²) in [6.45, 7) is 7.03. The third-order valence-corrected chi connectivity index (χ3v) is 6.56. The third-order valence-electron chi connectivity index (χ3n) is 6.56. The van der Waals surface area contributed by atoms with Gasteiger partial charge in [0.15, 0.2) is 5.82 Å². The lowest BCUT2D eigenvalue weighted by atomic mass is 9.93. The van der Waals surface area contributed by atoms with Crippen LogP contribution in [0.4, 0.5) is 19.0 Å². The highest BCUT2D eigenvalue weighted by Gasteiger charge is 2.31. The molecule has 0 aliphatic rings. The van der Waals surface area contributed by atoms with Crippen molar-refractivity contribution < 1.29 is 23.0 Å². The van der Waals surface area contributed by atoms with E-state index < -0.39 is 17.5 Å². The first-order valence-electron chi connectivity index (χ1n) is 13.3. The van der Waals surface area contributed by atoms with Crippen molar-refractivity contribution in [1.82, 2.24) is 10.2 Å². The Labute approximate surface area is 213 Å². The fourth-order valence-electron chi connectivity index (χ4n) is 4.42. The molecule has 1 aromatic carbocycles. The summed E-state index contributed by atoms with van der Waals surface area (Å²) in [6.07, 6.45) is 6.32. The zero-order valence-electron chi connectivity index (χ0n) is 22.2. The standard InChI is InChI=1S/C28H42F3N3O2/c1-5-8-10-11-13-21(7-3)32-27-23(14-9-6-2)22(15-12-18-36-4)26(33-34-27)24-17-16-20(19-25(24)35)28(29,30)31/h16-17,19,21,35H,5-15,18H2,1-4H3,(H,32,34). The van der Waals surface area contributed by atoms with Gasteiger partial charge in [0.2, 0.25) is 0 Å². The Morgan fingerprint density at radius 1 is 0.944 bits per heavy atom. The lowest BCUT2D eigenvalue weighted by molar-refractivity contribution is -0.137. The van der Waals surface area contributed by atoms with E-state index in [1.54, 1.807) is 7.11 Å². The summed E-state index contributed by atoms with van der Waals surface area (Å²) in [6, 6.07) is 3.31. The van der Waals surface area contributed by atoms with E-state index >= 15 is 0 Å². The molecular weight excluding hydrogens is 467 g/mol. The Morgan fingerprint density at radius 3 is 2.28 bits per heavy atom. The zero-order valence-corrected chi connectivity index (χ0v) is 22.2. The van der Waals surface area contributed by atoms with Crippen molar-refractivity contribution in [3.05, 3.63) is 34.9 Å². The smallest absolute Gasteiger partial charge is 0.416 e. The Hall–Kier alpha value is -2.35. The molecule has 0 saturated carbocycles. The van der Waals surface area contributed by atoms with Crippen LogP contribution in [0.2, 0.25) is 0 Å². The molecule has 2 N–H and O–H groups in total. The van der Waals surface area contributed by atoms with Gasteiger partial charge < -0.3 is 15.2 Å². The van der Waals surface area contributed by atoms with Gasteiger partial charge in [0, 0.05) is 30.9 Å². The van der Waals surface area contributed by atoms with Gasteiger partial charge >= 0.3 is 6.18 Å². The lowest BCUT2D eigenvalue weighted by Gasteiger charge is -2.23. The summed E-state index contributed by atoms with van der Waals surface area (Å²) in [5, 5.41) is 23.1. The normalized spacial score (nSPS) is 12.6. The molecule has 0 fully saturated rings. The number of nitrogens with zero attached hydrogens (tertiary/aromatic N) is 2. The number of alkyl halides is 3. The van der Waals surface area contributed by atoms with Crippen molar-refractivity contribution >= 4 is 5.82 Å². The van der Waals surface area contributed by atoms with Crippen LogP contribution in [0.15, 0.2) is 18.2 Å². The molecular formula is C28H42F3N3O2. The molecule has 0 bridgehead atoms. The van der Waals surface area contributed by atoms with Gasteiger partial charge in [0.1, 0.15) is 11.4 Å². The maximum atomic E-state index is 13.2. The maximum absolute atomic E-state index is 13.2. The van der Waals surface area contributed by atoms with Crippen molar-refractivity contribution in [2.75, 3.05) is 19.0 Å². The second-order valence-corrected chi connectivity index (χ2v) is 9.38. The van der Waals surface area contributed by atoms with Gasteiger partial charge in [-0.05, 0) is 62.3 Å². The van der Waals surface area contributed by atoms with Crippen LogP contribution in [0.1, 0.15) is 95.2 Å². The molecule has 1 atom stereocenters. The molecule has 1 heterocycles. The number of halogens is 3. The molecule has 0 spiro atoms. The van der Waals surface area contributed by atoms with Crippen LogP contribution in [-0.4, -0.2) is 35.1 Å². The van der Waals surface area contributed by atoms with E-state index in [0.717, 1.165) is 74.0 Å². The minimum atomic E-state index is -4.53. The van der Waals surface area contributed by atoms with Crippen molar-refractivity contribution in [2.45, 2.75) is 104 Å². The Balaban J connectivity index is 2.51. The van der Waals surface area contributed by atoms with E-state index in [9.17, 15) is 18.3 Å². The molecule has 0 saturated heterocycles. The summed E-state index contributed by atoms with van der Waals surface area (Å²) in [5.41, 5.74) is 1.75. The number of phenolic OH excluding ortho intramolecular Hbond substituents is 1. The molecule has 0 aliphatic heterocycles. The number of aromatic nitrogens is 2. The molecule has 0 radical (unpaired) electrons. The number of methoxy groups -OCH3 is 1. The third kappa shape index (κ3) is 8.64. The van der Waals surface area contributed by atoms with E-state index in [-0.39, 0.29) is 11.6 Å². The summed E-state index contributed by atoms with van der Waals surface area (Å²) in [7, 11) is 1.64. The molecule has 2 aromatic rings. The number of rotatable bonds is 16. The van der Waals surface area contributed by atoms with Crippen LogP contribution in [0.5, 0.6) is 5.75 Å². The fourth-order valence-corrected chi connectivity index (χ4v) is 4.42. The minimum absolute atomic E-state index is 0.263. The van der Waals surface area contributed by atoms with Crippen LogP contribution in [0.3, 0.4) is 0 Å². The molecule has 0 amide bonds. The summed E-state index contributed by atoms with van der Waals surface area (Å²) in [5.74, 6) is 0.296. The molecule has 1 aromatic heterocycles. The summed E-state index contributed by atoms with van der Waals surface area (Å²) >= 11 is 0. The van der Waals surface area contributed by atoms with Gasteiger partial charge in [-0.2, -0.15) is 13.2 Å². The van der Waals surface area contributed by atoms with Crippen LogP contribution in [0.25, 0.3) is 11.3 Å². The topological polar surface area (TPSA) is 67.3 Å². The molecule has 8 heteroatoms. The number of aromatic hydroxyl groups is 1. The van der Waals surface area contributed by atoms with Crippen molar-refractivity contribution in [3.63, 3.8) is 0 Å². The highest BCUT2D eigenvalue weighted by atomic mass is 19.4. The van der Waals surface area contributed by atoms with Gasteiger partial charge in [-0.3, -0.25) is 0 Å². The predicted molar refractivity (Wildman–Crippen MR) is 139 cm³/mol. The lowest BCUT2D eigenvalue weighted by Crippen LogP contribution is -2.22. The first-order chi connectivity index (χ1) is 17.3. The average molecular weight is 510 g/mol. The van der Waals surface area contributed by atoms with Crippen LogP contribution >= 0.6 is 0 Å². The van der Waals surface area contributed by atoms with Crippen molar-refractivity contribution in [2.24, 2.45) is 0 Å². The molecule has 0 aliphatic carbocycles. The number of hydrogen-bond donors (Lipinski definition) is 2. The first-order valence-corrected chi connectivity index (χ1v) is 13.3. The fraction of sp³-hybridized carbons (Fsp3) is 0.643. The van der Waals surface area contributed by atoms with E-state index in [2.05, 4.69) is 36.3 Å². The van der Waals surface area contributed by atoms with E-state index in [1.807, 2.05) is 0 Å². The number of benzene rings is 1. The largest absolute Gasteiger partial charge is 0.507 e. The zero-order chi connectivity index (χ0) is 26.6. The maximum Gasteiger partial charge on any atom is 0.416 e. The molecule has 2 rings (SSSR count). The average Bonchev–Trinajstić information content (AvgIpc) is 2.85. The minimum Gasteiger partial charge on any atom is -0.507 e. The summed E-state index contributed by atoms with van der Waals surface area (Å²) in [4.78, 5) is 0. The molecule has 202 valence electrons. The second-order valence-electron chi connectivity index (χ2n) is 9.38. The van der Waals surface area contributed by atoms with Gasteiger partial charge in [0.05, 0.1) is 5.56 Å². The monoisotopic (exact) mass is 509 g/mol. The Bertz CT molecular complexity index is 935. The first kappa shape index (κ1) is 29.9. The molecule has 36 heavy (non-hydrogen) atoms. The quantitative estimate of drug-likeness (QED) is 0.225. The molecule has 1 unspecified atom stereocenters. The van der Waals surface area contributed by atoms with Crippen molar-refractivity contribution in [1.29, 1.82) is 0 Å². The Morgan fingerprint density at radius 2 is 1.67 bits per heavy atom. The van der Waals surface area contributed by atoms with Crippen LogP contribution < -0.4 is 5.32 Å². The summed E-state index contributed by atoms with van der Waals surface area (Å²) < 4.78 is 44.8. The number of anilines is 1. The van der Waals surface area contributed by atoms with E-state index in [4.69, 9.17) is 4.74 Å². The van der Waals surface area contributed by atoms with Gasteiger partial charge in [0.25, 0.3) is 0 Å². The van der Waals surface area contributed by atoms with Gasteiger partial charge in [-0.1, -0.05) is 52.9 Å².